The minimum absolute atomic E-state index is 0. The Balaban J connectivity index is 0.00000140. The average molecular weight is 429 g/mol. The summed E-state index contributed by atoms with van der Waals surface area (Å²) < 4.78 is 0. The maximum absolute atomic E-state index is 13.6. The van der Waals surface area contributed by atoms with Gasteiger partial charge in [0, 0.05) is 39.3 Å². The molecule has 1 unspecified atom stereocenters. The van der Waals surface area contributed by atoms with E-state index in [1.807, 2.05) is 6.07 Å². The smallest absolute Gasteiger partial charge is 0.244 e. The van der Waals surface area contributed by atoms with Crippen molar-refractivity contribution in [3.05, 3.63) is 35.9 Å². The number of likely N-dealkylation sites (tertiary alicyclic amines) is 1. The summed E-state index contributed by atoms with van der Waals surface area (Å²) >= 11 is 0. The van der Waals surface area contributed by atoms with Crippen LogP contribution in [0, 0.1) is 11.8 Å². The largest absolute Gasteiger partial charge is 0.341 e. The van der Waals surface area contributed by atoms with Crippen LogP contribution in [-0.2, 0) is 4.79 Å². The van der Waals surface area contributed by atoms with E-state index in [0.29, 0.717) is 5.91 Å². The second kappa shape index (κ2) is 10.8. The Kier molecular flexibility index (Phi) is 9.03. The first-order valence-electron chi connectivity index (χ1n) is 10.2. The van der Waals surface area contributed by atoms with Crippen LogP contribution in [0.1, 0.15) is 24.4 Å². The summed E-state index contributed by atoms with van der Waals surface area (Å²) in [6, 6.07) is 10.3. The van der Waals surface area contributed by atoms with Crippen LogP contribution in [0.5, 0.6) is 0 Å². The fourth-order valence-electron chi connectivity index (χ4n) is 4.84. The van der Waals surface area contributed by atoms with Crippen molar-refractivity contribution in [1.82, 2.24) is 20.0 Å². The highest BCUT2D eigenvalue weighted by atomic mass is 35.5. The number of fused-ring (bicyclic) bond motifs is 1. The van der Waals surface area contributed by atoms with Crippen molar-refractivity contribution in [2.24, 2.45) is 11.8 Å². The van der Waals surface area contributed by atoms with E-state index in [2.05, 4.69) is 51.3 Å². The van der Waals surface area contributed by atoms with Gasteiger partial charge in [0.2, 0.25) is 5.91 Å². The van der Waals surface area contributed by atoms with Gasteiger partial charge in [0.15, 0.2) is 0 Å². The maximum atomic E-state index is 13.6. The molecule has 0 spiro atoms. The minimum Gasteiger partial charge on any atom is -0.341 e. The third-order valence-electron chi connectivity index (χ3n) is 6.58. The Bertz CT molecular complexity index is 596. The molecule has 3 atom stereocenters. The molecule has 1 aromatic carbocycles. The molecule has 1 amide bonds. The Morgan fingerprint density at radius 1 is 0.929 bits per heavy atom. The summed E-state index contributed by atoms with van der Waals surface area (Å²) in [5.74, 6) is 1.83. The fourth-order valence-corrected chi connectivity index (χ4v) is 4.84. The molecule has 0 aromatic heterocycles. The third kappa shape index (κ3) is 5.19. The molecular weight excluding hydrogens is 395 g/mol. The van der Waals surface area contributed by atoms with Crippen molar-refractivity contribution in [2.75, 3.05) is 59.4 Å². The zero-order valence-electron chi connectivity index (χ0n) is 16.8. The molecule has 1 aromatic rings. The molecule has 0 aliphatic carbocycles. The van der Waals surface area contributed by atoms with Crippen LogP contribution in [-0.4, -0.2) is 80.0 Å². The van der Waals surface area contributed by atoms with Gasteiger partial charge in [-0.2, -0.15) is 0 Å². The number of carbonyl (C=O) groups is 1. The maximum Gasteiger partial charge on any atom is 0.244 e. The van der Waals surface area contributed by atoms with E-state index in [1.165, 1.54) is 0 Å². The molecule has 3 saturated heterocycles. The molecule has 0 saturated carbocycles. The first kappa shape index (κ1) is 23.4. The number of carbonyl (C=O) groups excluding carboxylic acids is 1. The lowest BCUT2D eigenvalue weighted by atomic mass is 9.92. The summed E-state index contributed by atoms with van der Waals surface area (Å²) in [6.07, 6.45) is 2.29. The van der Waals surface area contributed by atoms with Crippen LogP contribution in [0.25, 0.3) is 0 Å². The summed E-state index contributed by atoms with van der Waals surface area (Å²) in [6.45, 7) is 8.09. The van der Waals surface area contributed by atoms with Gasteiger partial charge in [-0.25, -0.2) is 0 Å². The number of nitrogens with zero attached hydrogens (tertiary/aromatic N) is 3. The molecular formula is C21H34Cl2N4O. The second-order valence-electron chi connectivity index (χ2n) is 8.23. The molecule has 5 nitrogen and oxygen atoms in total. The molecule has 3 aliphatic heterocycles. The molecule has 3 heterocycles. The van der Waals surface area contributed by atoms with Gasteiger partial charge in [-0.3, -0.25) is 9.69 Å². The van der Waals surface area contributed by atoms with Crippen LogP contribution in [0.2, 0.25) is 0 Å². The Morgan fingerprint density at radius 3 is 2.07 bits per heavy atom. The summed E-state index contributed by atoms with van der Waals surface area (Å²) in [4.78, 5) is 20.5. The molecule has 158 valence electrons. The van der Waals surface area contributed by atoms with Gasteiger partial charge in [0.05, 0.1) is 0 Å². The van der Waals surface area contributed by atoms with E-state index in [-0.39, 0.29) is 30.9 Å². The summed E-state index contributed by atoms with van der Waals surface area (Å²) in [7, 11) is 2.16. The van der Waals surface area contributed by atoms with E-state index >= 15 is 0 Å². The van der Waals surface area contributed by atoms with Crippen molar-refractivity contribution >= 4 is 30.7 Å². The number of rotatable bonds is 3. The number of nitrogens with one attached hydrogen (secondary N) is 1. The standard InChI is InChI=1S/C21H32N4O.2ClH/c1-23-11-13-24(14-12-23)20(17-5-3-2-4-6-17)21(26)25-9-7-18-15-22-16-19(18)8-10-25;;/h2-6,18-20,22H,7-16H2,1H3;2*1H/t18-,19+,20?;;. The minimum atomic E-state index is -0.124. The van der Waals surface area contributed by atoms with E-state index in [0.717, 1.165) is 82.6 Å². The Hall–Kier alpha value is -0.850. The van der Waals surface area contributed by atoms with Crippen LogP contribution in [0.15, 0.2) is 30.3 Å². The summed E-state index contributed by atoms with van der Waals surface area (Å²) in [5, 5.41) is 3.52. The zero-order valence-corrected chi connectivity index (χ0v) is 18.4. The molecule has 3 aliphatic rings. The van der Waals surface area contributed by atoms with Gasteiger partial charge in [-0.15, -0.1) is 24.8 Å². The van der Waals surface area contributed by atoms with Crippen molar-refractivity contribution in [2.45, 2.75) is 18.9 Å². The number of hydrogen-bond acceptors (Lipinski definition) is 4. The molecule has 0 radical (unpaired) electrons. The lowest BCUT2D eigenvalue weighted by Crippen LogP contribution is -2.50. The number of likely N-dealkylation sites (N-methyl/N-ethyl adjacent to an activating group) is 1. The van der Waals surface area contributed by atoms with E-state index in [4.69, 9.17) is 0 Å². The van der Waals surface area contributed by atoms with Crippen LogP contribution >= 0.6 is 24.8 Å². The first-order chi connectivity index (χ1) is 12.7. The predicted octanol–water partition coefficient (Wildman–Crippen LogP) is 2.28. The van der Waals surface area contributed by atoms with E-state index in [1.54, 1.807) is 0 Å². The number of halogens is 2. The van der Waals surface area contributed by atoms with E-state index in [9.17, 15) is 4.79 Å². The third-order valence-corrected chi connectivity index (χ3v) is 6.58. The molecule has 3 fully saturated rings. The van der Waals surface area contributed by atoms with Gasteiger partial charge in [0.1, 0.15) is 6.04 Å². The van der Waals surface area contributed by atoms with Crippen LogP contribution in [0.4, 0.5) is 0 Å². The number of benzene rings is 1. The monoisotopic (exact) mass is 428 g/mol. The van der Waals surface area contributed by atoms with Crippen molar-refractivity contribution in [1.29, 1.82) is 0 Å². The van der Waals surface area contributed by atoms with Gasteiger partial charge in [-0.1, -0.05) is 30.3 Å². The van der Waals surface area contributed by atoms with Crippen LogP contribution in [0.3, 0.4) is 0 Å². The molecule has 7 heteroatoms. The number of hydrogen-bond donors (Lipinski definition) is 1. The SMILES string of the molecule is CN1CCN(C(C(=O)N2CC[C@@H]3CNC[C@@H]3CC2)c2ccccc2)CC1.Cl.Cl. The quantitative estimate of drug-likeness (QED) is 0.801. The number of amides is 1. The molecule has 4 rings (SSSR count). The first-order valence-corrected chi connectivity index (χ1v) is 10.2. The second-order valence-corrected chi connectivity index (χ2v) is 8.23. The Labute approximate surface area is 181 Å². The summed E-state index contributed by atoms with van der Waals surface area (Å²) in [5.41, 5.74) is 1.15. The highest BCUT2D eigenvalue weighted by molar-refractivity contribution is 5.85. The van der Waals surface area contributed by atoms with E-state index < -0.39 is 0 Å². The van der Waals surface area contributed by atoms with Crippen molar-refractivity contribution in [3.63, 3.8) is 0 Å². The normalized spacial score (nSPS) is 27.1. The average Bonchev–Trinajstić information content (AvgIpc) is 3.02. The van der Waals surface area contributed by atoms with Gasteiger partial charge >= 0.3 is 0 Å². The molecule has 0 bridgehead atoms. The van der Waals surface area contributed by atoms with Crippen molar-refractivity contribution < 1.29 is 4.79 Å². The predicted molar refractivity (Wildman–Crippen MR) is 118 cm³/mol. The van der Waals surface area contributed by atoms with Crippen molar-refractivity contribution in [3.8, 4) is 0 Å². The lowest BCUT2D eigenvalue weighted by molar-refractivity contribution is -0.138. The molecule has 1 N–H and O–H groups in total. The zero-order chi connectivity index (χ0) is 17.9. The molecule has 28 heavy (non-hydrogen) atoms. The number of piperazine rings is 1. The van der Waals surface area contributed by atoms with Gasteiger partial charge < -0.3 is 15.1 Å². The highest BCUT2D eigenvalue weighted by Gasteiger charge is 2.36. The lowest BCUT2D eigenvalue weighted by Gasteiger charge is -2.39. The highest BCUT2D eigenvalue weighted by Crippen LogP contribution is 2.30. The Morgan fingerprint density at radius 2 is 1.50 bits per heavy atom. The van der Waals surface area contributed by atoms with Crippen LogP contribution < -0.4 is 5.32 Å². The van der Waals surface area contributed by atoms with Gasteiger partial charge in [-0.05, 0) is 50.4 Å². The topological polar surface area (TPSA) is 38.8 Å². The van der Waals surface area contributed by atoms with Gasteiger partial charge in [0.25, 0.3) is 0 Å². The fraction of sp³-hybridized carbons (Fsp3) is 0.667.